The molecule has 0 aliphatic carbocycles. The lowest BCUT2D eigenvalue weighted by Gasteiger charge is -2.30. The number of anilines is 1. The maximum absolute atomic E-state index is 12.5. The molecule has 1 aromatic heterocycles. The third-order valence-corrected chi connectivity index (χ3v) is 4.72. The van der Waals surface area contributed by atoms with Crippen LogP contribution in [0.4, 0.5) is 10.5 Å². The quantitative estimate of drug-likeness (QED) is 0.823. The van der Waals surface area contributed by atoms with E-state index >= 15 is 0 Å². The number of carboxylic acids is 1. The second kappa shape index (κ2) is 8.36. The average molecular weight is 350 g/mol. The number of hydrogen-bond acceptors (Lipinski definition) is 3. The van der Waals surface area contributed by atoms with E-state index in [1.165, 1.54) is 0 Å². The molecule has 1 aliphatic heterocycles. The Bertz CT molecular complexity index is 601. The van der Waals surface area contributed by atoms with E-state index in [4.69, 9.17) is 5.11 Å². The lowest BCUT2D eigenvalue weighted by Crippen LogP contribution is -2.42. The molecule has 2 rings (SSSR count). The first-order valence-corrected chi connectivity index (χ1v) is 9.14. The topological polar surface area (TPSA) is 87.5 Å². The summed E-state index contributed by atoms with van der Waals surface area (Å²) in [7, 11) is 0. The van der Waals surface area contributed by atoms with Gasteiger partial charge in [-0.2, -0.15) is 5.10 Å². The zero-order valence-corrected chi connectivity index (χ0v) is 15.7. The molecule has 2 heterocycles. The van der Waals surface area contributed by atoms with E-state index in [1.807, 2.05) is 4.68 Å². The Balaban J connectivity index is 2.02. The van der Waals surface area contributed by atoms with Crippen molar-refractivity contribution in [3.63, 3.8) is 0 Å². The Morgan fingerprint density at radius 3 is 2.44 bits per heavy atom. The summed E-state index contributed by atoms with van der Waals surface area (Å²) >= 11 is 0. The van der Waals surface area contributed by atoms with E-state index in [0.29, 0.717) is 31.8 Å². The maximum atomic E-state index is 12.5. The molecule has 2 amide bonds. The predicted molar refractivity (Wildman–Crippen MR) is 96.7 cm³/mol. The number of carbonyl (C=O) groups is 2. The molecule has 7 heteroatoms. The number of carboxylic acid groups (broad SMARTS) is 1. The summed E-state index contributed by atoms with van der Waals surface area (Å²) in [5.41, 5.74) is 1.79. The van der Waals surface area contributed by atoms with Crippen molar-refractivity contribution in [2.24, 2.45) is 11.8 Å². The standard InChI is InChI=1S/C18H30N4O3/c1-12(2)5-10-22-16(13(3)4)15(11-19-22)20-18(25)21-8-6-14(7-9-21)17(23)24/h11-14H,5-10H2,1-4H3,(H,20,25)(H,23,24). The van der Waals surface area contributed by atoms with Gasteiger partial charge < -0.3 is 15.3 Å². The summed E-state index contributed by atoms with van der Waals surface area (Å²) in [6.07, 6.45) is 3.77. The number of aryl methyl sites for hydroxylation is 1. The van der Waals surface area contributed by atoms with Gasteiger partial charge in [0.15, 0.2) is 0 Å². The van der Waals surface area contributed by atoms with Gasteiger partial charge in [0.2, 0.25) is 0 Å². The van der Waals surface area contributed by atoms with Crippen LogP contribution in [0.3, 0.4) is 0 Å². The number of likely N-dealkylation sites (tertiary alicyclic amines) is 1. The van der Waals surface area contributed by atoms with Crippen LogP contribution < -0.4 is 5.32 Å². The van der Waals surface area contributed by atoms with Crippen LogP contribution in [0, 0.1) is 11.8 Å². The molecule has 1 fully saturated rings. The summed E-state index contributed by atoms with van der Waals surface area (Å²) in [6, 6.07) is -0.172. The van der Waals surface area contributed by atoms with E-state index < -0.39 is 5.97 Å². The zero-order chi connectivity index (χ0) is 18.6. The van der Waals surface area contributed by atoms with Gasteiger partial charge in [0.1, 0.15) is 0 Å². The minimum atomic E-state index is -0.770. The SMILES string of the molecule is CC(C)CCn1ncc(NC(=O)N2CCC(C(=O)O)CC2)c1C(C)C. The number of aliphatic carboxylic acids is 1. The Kier molecular flexibility index (Phi) is 6.45. The van der Waals surface area contributed by atoms with Gasteiger partial charge in [0.05, 0.1) is 23.5 Å². The number of nitrogens with one attached hydrogen (secondary N) is 1. The van der Waals surface area contributed by atoms with Crippen LogP contribution in [0.2, 0.25) is 0 Å². The molecule has 140 valence electrons. The number of urea groups is 1. The number of piperidine rings is 1. The minimum Gasteiger partial charge on any atom is -0.481 e. The number of aromatic nitrogens is 2. The Labute approximate surface area is 149 Å². The highest BCUT2D eigenvalue weighted by Gasteiger charge is 2.27. The first-order chi connectivity index (χ1) is 11.8. The first kappa shape index (κ1) is 19.3. The summed E-state index contributed by atoms with van der Waals surface area (Å²) in [5, 5.41) is 16.5. The summed E-state index contributed by atoms with van der Waals surface area (Å²) in [5.74, 6) is -0.261. The fourth-order valence-corrected chi connectivity index (χ4v) is 3.18. The Morgan fingerprint density at radius 2 is 1.92 bits per heavy atom. The molecule has 1 saturated heterocycles. The number of amides is 2. The summed E-state index contributed by atoms with van der Waals surface area (Å²) in [6.45, 7) is 10.3. The van der Waals surface area contributed by atoms with Crippen LogP contribution in [-0.2, 0) is 11.3 Å². The smallest absolute Gasteiger partial charge is 0.321 e. The average Bonchev–Trinajstić information content (AvgIpc) is 2.95. The summed E-state index contributed by atoms with van der Waals surface area (Å²) in [4.78, 5) is 25.2. The van der Waals surface area contributed by atoms with Gasteiger partial charge >= 0.3 is 12.0 Å². The van der Waals surface area contributed by atoms with Crippen molar-refractivity contribution in [1.29, 1.82) is 0 Å². The van der Waals surface area contributed by atoms with Crippen LogP contribution in [0.25, 0.3) is 0 Å². The molecule has 2 N–H and O–H groups in total. The van der Waals surface area contributed by atoms with Crippen molar-refractivity contribution in [3.8, 4) is 0 Å². The molecule has 0 radical (unpaired) electrons. The monoisotopic (exact) mass is 350 g/mol. The third kappa shape index (κ3) is 4.96. The van der Waals surface area contributed by atoms with Gasteiger partial charge in [0, 0.05) is 19.6 Å². The molecule has 0 saturated carbocycles. The molecular formula is C18H30N4O3. The van der Waals surface area contributed by atoms with Gasteiger partial charge in [0.25, 0.3) is 0 Å². The zero-order valence-electron chi connectivity index (χ0n) is 15.7. The molecule has 0 aromatic carbocycles. The summed E-state index contributed by atoms with van der Waals surface area (Å²) < 4.78 is 1.98. The molecular weight excluding hydrogens is 320 g/mol. The lowest BCUT2D eigenvalue weighted by molar-refractivity contribution is -0.143. The minimum absolute atomic E-state index is 0.172. The third-order valence-electron chi connectivity index (χ3n) is 4.72. The second-order valence-electron chi connectivity index (χ2n) is 7.53. The van der Waals surface area contributed by atoms with Crippen molar-refractivity contribution < 1.29 is 14.7 Å². The van der Waals surface area contributed by atoms with Crippen molar-refractivity contribution in [2.75, 3.05) is 18.4 Å². The number of hydrogen-bond donors (Lipinski definition) is 2. The Morgan fingerprint density at radius 1 is 1.28 bits per heavy atom. The van der Waals surface area contributed by atoms with Gasteiger partial charge in [-0.15, -0.1) is 0 Å². The molecule has 0 spiro atoms. The molecule has 0 bridgehead atoms. The van der Waals surface area contributed by atoms with Crippen molar-refractivity contribution in [1.82, 2.24) is 14.7 Å². The van der Waals surface area contributed by atoms with E-state index in [0.717, 1.165) is 24.3 Å². The normalized spacial score (nSPS) is 15.8. The molecule has 1 aromatic rings. The van der Waals surface area contributed by atoms with Crippen molar-refractivity contribution in [3.05, 3.63) is 11.9 Å². The fourth-order valence-electron chi connectivity index (χ4n) is 3.18. The van der Waals surface area contributed by atoms with Crippen LogP contribution in [0.1, 0.15) is 58.6 Å². The lowest BCUT2D eigenvalue weighted by atomic mass is 9.97. The highest BCUT2D eigenvalue weighted by Crippen LogP contribution is 2.26. The molecule has 0 atom stereocenters. The van der Waals surface area contributed by atoms with Crippen LogP contribution in [0.5, 0.6) is 0 Å². The van der Waals surface area contributed by atoms with E-state index in [2.05, 4.69) is 38.1 Å². The Hall–Kier alpha value is -2.05. The first-order valence-electron chi connectivity index (χ1n) is 9.14. The largest absolute Gasteiger partial charge is 0.481 e. The number of nitrogens with zero attached hydrogens (tertiary/aromatic N) is 3. The van der Waals surface area contributed by atoms with Crippen molar-refractivity contribution in [2.45, 2.75) is 59.4 Å². The molecule has 0 unspecified atom stereocenters. The number of rotatable bonds is 6. The van der Waals surface area contributed by atoms with E-state index in [1.54, 1.807) is 11.1 Å². The second-order valence-corrected chi connectivity index (χ2v) is 7.53. The van der Waals surface area contributed by atoms with Crippen LogP contribution in [-0.4, -0.2) is 44.9 Å². The van der Waals surface area contributed by atoms with Crippen LogP contribution in [0.15, 0.2) is 6.20 Å². The van der Waals surface area contributed by atoms with Crippen LogP contribution >= 0.6 is 0 Å². The van der Waals surface area contributed by atoms with Gasteiger partial charge in [-0.05, 0) is 31.1 Å². The van der Waals surface area contributed by atoms with E-state index in [-0.39, 0.29) is 17.9 Å². The number of carbonyl (C=O) groups excluding carboxylic acids is 1. The van der Waals surface area contributed by atoms with Gasteiger partial charge in [-0.1, -0.05) is 27.7 Å². The highest BCUT2D eigenvalue weighted by molar-refractivity contribution is 5.90. The maximum Gasteiger partial charge on any atom is 0.321 e. The molecule has 25 heavy (non-hydrogen) atoms. The molecule has 1 aliphatic rings. The molecule has 7 nitrogen and oxygen atoms in total. The van der Waals surface area contributed by atoms with Gasteiger partial charge in [-0.3, -0.25) is 9.48 Å². The van der Waals surface area contributed by atoms with Gasteiger partial charge in [-0.25, -0.2) is 4.79 Å². The predicted octanol–water partition coefficient (Wildman–Crippen LogP) is 3.38. The van der Waals surface area contributed by atoms with E-state index in [9.17, 15) is 9.59 Å². The van der Waals surface area contributed by atoms with Crippen molar-refractivity contribution >= 4 is 17.7 Å². The fraction of sp³-hybridized carbons (Fsp3) is 0.722. The highest BCUT2D eigenvalue weighted by atomic mass is 16.4.